The molecule has 29 heavy (non-hydrogen) atoms. The molecule has 0 radical (unpaired) electrons. The molecule has 4 aromatic rings. The van der Waals surface area contributed by atoms with Crippen LogP contribution in [0.4, 0.5) is 8.78 Å². The van der Waals surface area contributed by atoms with Crippen molar-refractivity contribution in [2.24, 2.45) is 0 Å². The van der Waals surface area contributed by atoms with Crippen LogP contribution in [0.3, 0.4) is 0 Å². The van der Waals surface area contributed by atoms with Crippen LogP contribution in [0.5, 0.6) is 0 Å². The van der Waals surface area contributed by atoms with Gasteiger partial charge in [-0.2, -0.15) is 8.78 Å². The molecule has 0 aliphatic heterocycles. The number of thioether (sulfide) groups is 1. The summed E-state index contributed by atoms with van der Waals surface area (Å²) >= 11 is 1.21. The lowest BCUT2D eigenvalue weighted by Crippen LogP contribution is -2.22. The highest BCUT2D eigenvalue weighted by molar-refractivity contribution is 7.98. The maximum atomic E-state index is 13.3. The van der Waals surface area contributed by atoms with E-state index in [0.29, 0.717) is 16.1 Å². The molecule has 0 aliphatic carbocycles. The summed E-state index contributed by atoms with van der Waals surface area (Å²) in [6, 6.07) is 12.9. The summed E-state index contributed by atoms with van der Waals surface area (Å²) in [5, 5.41) is 0.943. The van der Waals surface area contributed by atoms with E-state index < -0.39 is 6.55 Å². The molecule has 0 saturated heterocycles. The maximum absolute atomic E-state index is 13.3. The molecule has 4 rings (SSSR count). The number of nitrogens with zero attached hydrogens (tertiary/aromatic N) is 4. The predicted octanol–water partition coefficient (Wildman–Crippen LogP) is 4.89. The highest BCUT2D eigenvalue weighted by atomic mass is 32.2. The van der Waals surface area contributed by atoms with Gasteiger partial charge in [0.1, 0.15) is 5.82 Å². The van der Waals surface area contributed by atoms with E-state index >= 15 is 0 Å². The number of hydrogen-bond donors (Lipinski definition) is 0. The minimum Gasteiger partial charge on any atom is -0.277 e. The molecular formula is C21H18F2N4OS. The normalized spacial score (nSPS) is 11.5. The first-order chi connectivity index (χ1) is 14.0. The van der Waals surface area contributed by atoms with E-state index in [2.05, 4.69) is 9.97 Å². The van der Waals surface area contributed by atoms with Gasteiger partial charge in [-0.3, -0.25) is 13.9 Å². The average molecular weight is 412 g/mol. The number of aromatic nitrogens is 4. The van der Waals surface area contributed by atoms with E-state index in [-0.39, 0.29) is 17.1 Å². The summed E-state index contributed by atoms with van der Waals surface area (Å²) in [4.78, 5) is 22.0. The van der Waals surface area contributed by atoms with Crippen LogP contribution in [0.15, 0.2) is 64.8 Å². The van der Waals surface area contributed by atoms with Gasteiger partial charge in [0, 0.05) is 12.4 Å². The van der Waals surface area contributed by atoms with Crippen LogP contribution in [0.2, 0.25) is 0 Å². The van der Waals surface area contributed by atoms with Gasteiger partial charge in [-0.05, 0) is 43.2 Å². The molecule has 0 atom stereocenters. The zero-order valence-corrected chi connectivity index (χ0v) is 16.7. The Morgan fingerprint density at radius 1 is 1.10 bits per heavy atom. The first-order valence-electron chi connectivity index (χ1n) is 8.98. The molecule has 0 fully saturated rings. The first kappa shape index (κ1) is 19.3. The Morgan fingerprint density at radius 2 is 1.90 bits per heavy atom. The molecule has 2 heterocycles. The van der Waals surface area contributed by atoms with Crippen LogP contribution < -0.4 is 5.56 Å². The van der Waals surface area contributed by atoms with Crippen LogP contribution in [-0.2, 0) is 5.75 Å². The number of rotatable bonds is 5. The van der Waals surface area contributed by atoms with Crippen molar-refractivity contribution in [2.75, 3.05) is 0 Å². The van der Waals surface area contributed by atoms with Crippen molar-refractivity contribution >= 4 is 22.7 Å². The fraction of sp³-hybridized carbons (Fsp3) is 0.190. The second-order valence-corrected chi connectivity index (χ2v) is 7.53. The molecule has 148 valence electrons. The lowest BCUT2D eigenvalue weighted by atomic mass is 10.1. The second kappa shape index (κ2) is 7.79. The largest absolute Gasteiger partial charge is 0.319 e. The second-order valence-electron chi connectivity index (χ2n) is 6.59. The zero-order chi connectivity index (χ0) is 20.5. The summed E-state index contributed by atoms with van der Waals surface area (Å²) in [6.07, 6.45) is 2.58. The van der Waals surface area contributed by atoms with Crippen molar-refractivity contribution in [3.05, 3.63) is 82.2 Å². The number of imidazole rings is 1. The van der Waals surface area contributed by atoms with Crippen molar-refractivity contribution in [3.63, 3.8) is 0 Å². The van der Waals surface area contributed by atoms with Gasteiger partial charge in [-0.1, -0.05) is 36.0 Å². The highest BCUT2D eigenvalue weighted by Gasteiger charge is 2.17. The van der Waals surface area contributed by atoms with Crippen LogP contribution in [0, 0.1) is 13.8 Å². The van der Waals surface area contributed by atoms with Gasteiger partial charge in [0.2, 0.25) is 0 Å². The summed E-state index contributed by atoms with van der Waals surface area (Å²) in [7, 11) is 0. The SMILES string of the molecule is Cc1cccc(-n2c(SCc3nccn3C(F)F)nc3ccccc3c2=O)c1C. The number of hydrogen-bond acceptors (Lipinski definition) is 4. The minimum absolute atomic E-state index is 0.160. The van der Waals surface area contributed by atoms with Crippen molar-refractivity contribution in [2.45, 2.75) is 31.3 Å². The Kier molecular flexibility index (Phi) is 5.19. The van der Waals surface area contributed by atoms with Gasteiger partial charge in [0.05, 0.1) is 22.3 Å². The lowest BCUT2D eigenvalue weighted by molar-refractivity contribution is 0.0678. The molecule has 5 nitrogen and oxygen atoms in total. The number of fused-ring (bicyclic) bond motifs is 1. The molecule has 2 aromatic carbocycles. The monoisotopic (exact) mass is 412 g/mol. The van der Waals surface area contributed by atoms with Crippen molar-refractivity contribution < 1.29 is 8.78 Å². The third-order valence-electron chi connectivity index (χ3n) is 4.85. The summed E-state index contributed by atoms with van der Waals surface area (Å²) in [5.41, 5.74) is 3.12. The minimum atomic E-state index is -2.67. The summed E-state index contributed by atoms with van der Waals surface area (Å²) < 4.78 is 28.7. The fourth-order valence-corrected chi connectivity index (χ4v) is 4.12. The molecule has 0 unspecified atom stereocenters. The highest BCUT2D eigenvalue weighted by Crippen LogP contribution is 2.27. The number of aryl methyl sites for hydroxylation is 1. The smallest absolute Gasteiger partial charge is 0.277 e. The zero-order valence-electron chi connectivity index (χ0n) is 15.8. The van der Waals surface area contributed by atoms with E-state index in [1.54, 1.807) is 22.8 Å². The summed E-state index contributed by atoms with van der Waals surface area (Å²) in [5.74, 6) is 0.382. The number of alkyl halides is 2. The molecule has 0 N–H and O–H groups in total. The Bertz CT molecular complexity index is 1250. The van der Waals surface area contributed by atoms with Crippen molar-refractivity contribution in [1.82, 2.24) is 19.1 Å². The van der Waals surface area contributed by atoms with Gasteiger partial charge in [0.25, 0.3) is 5.56 Å². The molecular weight excluding hydrogens is 394 g/mol. The van der Waals surface area contributed by atoms with Gasteiger partial charge in [0.15, 0.2) is 5.16 Å². The predicted molar refractivity (Wildman–Crippen MR) is 110 cm³/mol. The van der Waals surface area contributed by atoms with Crippen LogP contribution in [0.25, 0.3) is 16.6 Å². The van der Waals surface area contributed by atoms with Crippen molar-refractivity contribution in [1.29, 1.82) is 0 Å². The topological polar surface area (TPSA) is 52.7 Å². The van der Waals surface area contributed by atoms with E-state index in [1.165, 1.54) is 24.2 Å². The lowest BCUT2D eigenvalue weighted by Gasteiger charge is -2.16. The Balaban J connectivity index is 1.87. The number of halogens is 2. The third-order valence-corrected chi connectivity index (χ3v) is 5.79. The van der Waals surface area contributed by atoms with E-state index in [1.807, 2.05) is 38.1 Å². The van der Waals surface area contributed by atoms with Gasteiger partial charge in [-0.25, -0.2) is 9.97 Å². The average Bonchev–Trinajstić information content (AvgIpc) is 3.18. The molecule has 8 heteroatoms. The van der Waals surface area contributed by atoms with Crippen LogP contribution in [-0.4, -0.2) is 19.1 Å². The Morgan fingerprint density at radius 3 is 2.69 bits per heavy atom. The fourth-order valence-electron chi connectivity index (χ4n) is 3.16. The number of para-hydroxylation sites is 1. The molecule has 0 aliphatic rings. The van der Waals surface area contributed by atoms with Gasteiger partial charge in [-0.15, -0.1) is 0 Å². The number of benzene rings is 2. The van der Waals surface area contributed by atoms with E-state index in [0.717, 1.165) is 21.4 Å². The van der Waals surface area contributed by atoms with E-state index in [9.17, 15) is 13.6 Å². The van der Waals surface area contributed by atoms with E-state index in [4.69, 9.17) is 0 Å². The molecule has 2 aromatic heterocycles. The van der Waals surface area contributed by atoms with Crippen LogP contribution in [0.1, 0.15) is 23.5 Å². The molecule has 0 spiro atoms. The quantitative estimate of drug-likeness (QED) is 0.346. The third kappa shape index (κ3) is 3.55. The Labute approximate surface area is 170 Å². The molecule has 0 bridgehead atoms. The van der Waals surface area contributed by atoms with Crippen molar-refractivity contribution in [3.8, 4) is 5.69 Å². The van der Waals surface area contributed by atoms with Gasteiger partial charge >= 0.3 is 6.55 Å². The molecule has 0 amide bonds. The van der Waals surface area contributed by atoms with Gasteiger partial charge < -0.3 is 0 Å². The molecule has 0 saturated carbocycles. The maximum Gasteiger partial charge on any atom is 0.319 e. The van der Waals surface area contributed by atoms with Crippen LogP contribution >= 0.6 is 11.8 Å². The first-order valence-corrected chi connectivity index (χ1v) is 9.97. The summed E-state index contributed by atoms with van der Waals surface area (Å²) in [6.45, 7) is 1.26. The standard InChI is InChI=1S/C21H18F2N4OS/c1-13-6-5-9-17(14(13)2)27-19(28)15-7-3-4-8-16(15)25-21(27)29-12-18-24-10-11-26(18)20(22)23/h3-11,20H,12H2,1-2H3. The Hall–Kier alpha value is -3.00.